The molecule has 0 aliphatic heterocycles. The van der Waals surface area contributed by atoms with Crippen LogP contribution in [0.3, 0.4) is 0 Å². The summed E-state index contributed by atoms with van der Waals surface area (Å²) >= 11 is 5.58. The number of hydrogen-bond acceptors (Lipinski definition) is 1. The highest BCUT2D eigenvalue weighted by Gasteiger charge is 1.93. The quantitative estimate of drug-likeness (QED) is 0.600. The van der Waals surface area contributed by atoms with Crippen molar-refractivity contribution in [2.75, 3.05) is 0 Å². The van der Waals surface area contributed by atoms with Crippen molar-refractivity contribution in [3.63, 3.8) is 0 Å². The van der Waals surface area contributed by atoms with Crippen LogP contribution in [0, 0.1) is 0 Å². The van der Waals surface area contributed by atoms with Gasteiger partial charge in [-0.25, -0.2) is 4.98 Å². The molecule has 0 radical (unpaired) electrons. The Labute approximate surface area is 65.1 Å². The van der Waals surface area contributed by atoms with Crippen LogP contribution in [-0.2, 0) is 6.54 Å². The molecule has 0 saturated heterocycles. The van der Waals surface area contributed by atoms with Crippen LogP contribution in [0.1, 0.15) is 6.92 Å². The second-order valence-electron chi connectivity index (χ2n) is 2.33. The number of imidazole rings is 1. The molecule has 54 valence electrons. The third-order valence-corrected chi connectivity index (χ3v) is 1.25. The first-order valence-electron chi connectivity index (χ1n) is 3.00. The van der Waals surface area contributed by atoms with Crippen molar-refractivity contribution < 1.29 is 0 Å². The first-order valence-corrected chi connectivity index (χ1v) is 3.38. The Kier molecular flexibility index (Phi) is 2.12. The third-order valence-electron chi connectivity index (χ3n) is 1.05. The lowest BCUT2D eigenvalue weighted by Gasteiger charge is -1.97. The molecule has 0 amide bonds. The van der Waals surface area contributed by atoms with Gasteiger partial charge in [0.15, 0.2) is 0 Å². The van der Waals surface area contributed by atoms with Gasteiger partial charge in [-0.05, 0) is 6.92 Å². The predicted octanol–water partition coefficient (Wildman–Crippen LogP) is 2.11. The van der Waals surface area contributed by atoms with Gasteiger partial charge >= 0.3 is 0 Å². The lowest BCUT2D eigenvalue weighted by Crippen LogP contribution is -1.93. The highest BCUT2D eigenvalue weighted by atomic mass is 35.5. The average molecular weight is 157 g/mol. The van der Waals surface area contributed by atoms with Crippen LogP contribution in [0.15, 0.2) is 24.7 Å². The SMILES string of the molecule is C=C(C)Cn1cnc(Cl)c1. The summed E-state index contributed by atoms with van der Waals surface area (Å²) < 4.78 is 1.89. The van der Waals surface area contributed by atoms with Crippen LogP contribution in [0.4, 0.5) is 0 Å². The summed E-state index contributed by atoms with van der Waals surface area (Å²) in [6, 6.07) is 0. The number of halogens is 1. The van der Waals surface area contributed by atoms with Crippen LogP contribution in [-0.4, -0.2) is 9.55 Å². The van der Waals surface area contributed by atoms with Crippen LogP contribution >= 0.6 is 11.6 Å². The van der Waals surface area contributed by atoms with E-state index < -0.39 is 0 Å². The van der Waals surface area contributed by atoms with Crippen molar-refractivity contribution in [3.05, 3.63) is 29.8 Å². The third kappa shape index (κ3) is 1.88. The molecule has 0 spiro atoms. The molecule has 1 rings (SSSR count). The molecule has 0 unspecified atom stereocenters. The zero-order valence-electron chi connectivity index (χ0n) is 5.84. The predicted molar refractivity (Wildman–Crippen MR) is 42.1 cm³/mol. The minimum Gasteiger partial charge on any atom is -0.332 e. The van der Waals surface area contributed by atoms with E-state index in [-0.39, 0.29) is 0 Å². The van der Waals surface area contributed by atoms with Crippen LogP contribution in [0.2, 0.25) is 5.15 Å². The minimum atomic E-state index is 0.529. The molecule has 0 saturated carbocycles. The molecule has 0 aliphatic rings. The van der Waals surface area contributed by atoms with E-state index in [1.54, 1.807) is 12.5 Å². The molecule has 2 nitrogen and oxygen atoms in total. The Balaban J connectivity index is 2.67. The van der Waals surface area contributed by atoms with E-state index in [2.05, 4.69) is 11.6 Å². The maximum atomic E-state index is 5.58. The molecule has 0 atom stereocenters. The minimum absolute atomic E-state index is 0.529. The number of rotatable bonds is 2. The van der Waals surface area contributed by atoms with Gasteiger partial charge in [-0.2, -0.15) is 0 Å². The summed E-state index contributed by atoms with van der Waals surface area (Å²) in [5, 5.41) is 0.529. The van der Waals surface area contributed by atoms with Gasteiger partial charge in [0, 0.05) is 12.7 Å². The van der Waals surface area contributed by atoms with E-state index in [1.807, 2.05) is 11.5 Å². The summed E-state index contributed by atoms with van der Waals surface area (Å²) in [5.74, 6) is 0. The van der Waals surface area contributed by atoms with Crippen molar-refractivity contribution in [2.24, 2.45) is 0 Å². The summed E-state index contributed by atoms with van der Waals surface area (Å²) in [6.07, 6.45) is 3.47. The molecule has 0 aliphatic carbocycles. The van der Waals surface area contributed by atoms with E-state index in [9.17, 15) is 0 Å². The first kappa shape index (κ1) is 7.35. The standard InChI is InChI=1S/C7H9ClN2/c1-6(2)3-10-4-7(8)9-5-10/h4-5H,1,3H2,2H3. The second-order valence-corrected chi connectivity index (χ2v) is 2.71. The van der Waals surface area contributed by atoms with Crippen LogP contribution < -0.4 is 0 Å². The fourth-order valence-electron chi connectivity index (χ4n) is 0.731. The lowest BCUT2D eigenvalue weighted by molar-refractivity contribution is 0.785. The Hall–Kier alpha value is -0.760. The Morgan fingerprint density at radius 2 is 2.60 bits per heavy atom. The Morgan fingerprint density at radius 1 is 1.90 bits per heavy atom. The highest BCUT2D eigenvalue weighted by molar-refractivity contribution is 6.29. The molecule has 1 aromatic heterocycles. The van der Waals surface area contributed by atoms with E-state index in [1.165, 1.54) is 0 Å². The Morgan fingerprint density at radius 3 is 3.00 bits per heavy atom. The maximum Gasteiger partial charge on any atom is 0.146 e. The smallest absolute Gasteiger partial charge is 0.146 e. The number of allylic oxidation sites excluding steroid dienone is 1. The van der Waals surface area contributed by atoms with Gasteiger partial charge < -0.3 is 4.57 Å². The molecule has 0 N–H and O–H groups in total. The largest absolute Gasteiger partial charge is 0.332 e. The second kappa shape index (κ2) is 2.88. The van der Waals surface area contributed by atoms with Gasteiger partial charge in [0.1, 0.15) is 5.15 Å². The number of aromatic nitrogens is 2. The van der Waals surface area contributed by atoms with Gasteiger partial charge in [-0.1, -0.05) is 23.8 Å². The van der Waals surface area contributed by atoms with Crippen molar-refractivity contribution in [2.45, 2.75) is 13.5 Å². The van der Waals surface area contributed by atoms with Gasteiger partial charge in [0.05, 0.1) is 6.33 Å². The topological polar surface area (TPSA) is 17.8 Å². The van der Waals surface area contributed by atoms with Crippen molar-refractivity contribution >= 4 is 11.6 Å². The molecule has 1 heterocycles. The van der Waals surface area contributed by atoms with Gasteiger partial charge in [0.2, 0.25) is 0 Å². The molecule has 3 heteroatoms. The van der Waals surface area contributed by atoms with E-state index in [0.29, 0.717) is 5.15 Å². The normalized spacial score (nSPS) is 9.80. The van der Waals surface area contributed by atoms with Gasteiger partial charge in [-0.15, -0.1) is 0 Å². The van der Waals surface area contributed by atoms with Gasteiger partial charge in [-0.3, -0.25) is 0 Å². The van der Waals surface area contributed by atoms with Crippen molar-refractivity contribution in [1.82, 2.24) is 9.55 Å². The van der Waals surface area contributed by atoms with Gasteiger partial charge in [0.25, 0.3) is 0 Å². The lowest BCUT2D eigenvalue weighted by atomic mass is 10.3. The molecule has 10 heavy (non-hydrogen) atoms. The molecule has 0 fully saturated rings. The molecule has 0 bridgehead atoms. The maximum absolute atomic E-state index is 5.58. The molecule has 0 aromatic carbocycles. The summed E-state index contributed by atoms with van der Waals surface area (Å²) in [4.78, 5) is 3.86. The Bertz CT molecular complexity index is 240. The van der Waals surface area contributed by atoms with Crippen LogP contribution in [0.25, 0.3) is 0 Å². The summed E-state index contributed by atoms with van der Waals surface area (Å²) in [5.41, 5.74) is 1.09. The monoisotopic (exact) mass is 156 g/mol. The van der Waals surface area contributed by atoms with E-state index >= 15 is 0 Å². The van der Waals surface area contributed by atoms with E-state index in [4.69, 9.17) is 11.6 Å². The fraction of sp³-hybridized carbons (Fsp3) is 0.286. The average Bonchev–Trinajstić information content (AvgIpc) is 2.13. The molecular weight excluding hydrogens is 148 g/mol. The first-order chi connectivity index (χ1) is 4.68. The zero-order valence-corrected chi connectivity index (χ0v) is 6.60. The molecule has 1 aromatic rings. The number of hydrogen-bond donors (Lipinski definition) is 0. The highest BCUT2D eigenvalue weighted by Crippen LogP contribution is 2.04. The van der Waals surface area contributed by atoms with Crippen LogP contribution in [0.5, 0.6) is 0 Å². The molecular formula is C7H9ClN2. The van der Waals surface area contributed by atoms with Crippen molar-refractivity contribution in [3.8, 4) is 0 Å². The zero-order chi connectivity index (χ0) is 7.56. The fourth-order valence-corrected chi connectivity index (χ4v) is 0.900. The number of nitrogens with zero attached hydrogens (tertiary/aromatic N) is 2. The summed E-state index contributed by atoms with van der Waals surface area (Å²) in [6.45, 7) is 6.53. The summed E-state index contributed by atoms with van der Waals surface area (Å²) in [7, 11) is 0. The van der Waals surface area contributed by atoms with Crippen molar-refractivity contribution in [1.29, 1.82) is 0 Å². The van der Waals surface area contributed by atoms with E-state index in [0.717, 1.165) is 12.1 Å².